The van der Waals surface area contributed by atoms with Crippen LogP contribution in [0.2, 0.25) is 0 Å². The predicted molar refractivity (Wildman–Crippen MR) is 487 cm³/mol. The number of nitrogens with zero attached hydrogens (tertiary/aromatic N) is 12. The number of carboxylic acid groups (broad SMARTS) is 3. The van der Waals surface area contributed by atoms with Crippen LogP contribution in [-0.4, -0.2) is 173 Å². The Hall–Kier alpha value is -13.8. The van der Waals surface area contributed by atoms with Gasteiger partial charge < -0.3 is 70.2 Å². The molecule has 4 aromatic heterocycles. The molecule has 2 fully saturated rings. The van der Waals surface area contributed by atoms with Crippen LogP contribution in [0.25, 0.3) is 0 Å². The summed E-state index contributed by atoms with van der Waals surface area (Å²) in [5.74, 6) is -0.528. The number of hydrogen-bond acceptors (Lipinski definition) is 22. The van der Waals surface area contributed by atoms with Crippen LogP contribution >= 0.6 is 0 Å². The summed E-state index contributed by atoms with van der Waals surface area (Å²) in [5.41, 5.74) is 18.8. The number of hydrogen-bond donors (Lipinski definition) is 5. The Kier molecular flexibility index (Phi) is 36.5. The SMILES string of the molecule is C#CC(=O)OCC.CCOC(=O)c1cc2n(n1)CC[C@@H]2c1ccccc1.CN1C(=O)[C@@H](N)COc2ccccc21.CN1C(=O)[C@@H](NC(=O)c2cc3n(n2)CC[C@@H]3c2ccccc2)COc2ccccc21.O=C(O)[C@H]1CCC[C@@H]1c1ccccc1.O=C(O)c1cc2n(n1)CC[C@@H]2c1ccccc1.O=NN1CC[C@H](c2ccccc2)[C@H]1C(=O)O.[K+].[O-]c1on[n+]2c1[C@@H](c1ccccc1)CC2.[OH-]. The molecule has 3 amide bonds. The molecule has 0 bridgehead atoms. The third-order valence-corrected chi connectivity index (χ3v) is 24.1. The molecule has 8 aromatic carbocycles. The summed E-state index contributed by atoms with van der Waals surface area (Å²) < 4.78 is 32.4. The van der Waals surface area contributed by atoms with E-state index in [1.165, 1.54) is 32.1 Å². The summed E-state index contributed by atoms with van der Waals surface area (Å²) >= 11 is 0. The predicted octanol–water partition coefficient (Wildman–Crippen LogP) is 9.50. The van der Waals surface area contributed by atoms with Gasteiger partial charge in [-0.25, -0.2) is 24.2 Å². The molecule has 11 heterocycles. The fourth-order valence-electron chi connectivity index (χ4n) is 17.6. The van der Waals surface area contributed by atoms with Gasteiger partial charge in [-0.05, 0) is 134 Å². The zero-order valence-electron chi connectivity index (χ0n) is 74.9. The molecule has 7 N–H and O–H groups in total. The average molecular weight is 1850 g/mol. The number of benzene rings is 8. The second kappa shape index (κ2) is 48.6. The van der Waals surface area contributed by atoms with Crippen LogP contribution in [0, 0.1) is 23.2 Å². The maximum Gasteiger partial charge on any atom is 1.00 e. The number of amides is 3. The fourth-order valence-corrected chi connectivity index (χ4v) is 17.6. The van der Waals surface area contributed by atoms with Crippen molar-refractivity contribution in [2.45, 2.75) is 145 Å². The van der Waals surface area contributed by atoms with Crippen LogP contribution in [0.1, 0.15) is 188 Å². The zero-order valence-corrected chi connectivity index (χ0v) is 78.0. The molecule has 0 spiro atoms. The number of nitrogens with one attached hydrogen (secondary N) is 1. The monoisotopic (exact) mass is 1840 g/mol. The molecule has 33 nitrogen and oxygen atoms in total. The molecule has 10 atom stereocenters. The first-order chi connectivity index (χ1) is 64.1. The van der Waals surface area contributed by atoms with Crippen LogP contribution in [0.3, 0.4) is 0 Å². The van der Waals surface area contributed by atoms with E-state index in [9.17, 15) is 48.4 Å². The van der Waals surface area contributed by atoms with E-state index in [0.29, 0.717) is 66.4 Å². The summed E-state index contributed by atoms with van der Waals surface area (Å²) in [5, 5.41) is 61.8. The van der Waals surface area contributed by atoms with Crippen molar-refractivity contribution < 1.29 is 144 Å². The molecule has 12 aromatic rings. The number of terminal acetylenes is 1. The number of para-hydroxylation sites is 4. The van der Waals surface area contributed by atoms with Gasteiger partial charge in [-0.15, -0.1) is 11.3 Å². The first kappa shape index (κ1) is 101. The third-order valence-electron chi connectivity index (χ3n) is 24.1. The number of carbonyl (C=O) groups is 8. The molecule has 1 saturated carbocycles. The Morgan fingerprint density at radius 1 is 0.530 bits per heavy atom. The van der Waals surface area contributed by atoms with Gasteiger partial charge in [0.05, 0.1) is 47.0 Å². The van der Waals surface area contributed by atoms with Crippen molar-refractivity contribution in [3.8, 4) is 29.8 Å². The minimum Gasteiger partial charge on any atom is -0.870 e. The molecule has 690 valence electrons. The quantitative estimate of drug-likeness (QED) is 0.0159. The van der Waals surface area contributed by atoms with E-state index >= 15 is 0 Å². The Bertz CT molecular complexity index is 6000. The fraction of sp³-hybridized carbons (Fsp3) is 0.310. The molecule has 8 aliphatic rings. The van der Waals surface area contributed by atoms with Crippen LogP contribution in [0.5, 0.6) is 17.4 Å². The van der Waals surface area contributed by atoms with E-state index in [1.54, 1.807) is 49.3 Å². The number of aliphatic carboxylic acids is 2. The van der Waals surface area contributed by atoms with Crippen LogP contribution in [0.15, 0.2) is 259 Å². The Balaban J connectivity index is 0.000000151. The summed E-state index contributed by atoms with van der Waals surface area (Å²) in [6, 6.07) is 78.0. The van der Waals surface area contributed by atoms with Gasteiger partial charge in [0.1, 0.15) is 42.5 Å². The van der Waals surface area contributed by atoms with Crippen LogP contribution in [0.4, 0.5) is 11.4 Å². The molecule has 134 heavy (non-hydrogen) atoms. The summed E-state index contributed by atoms with van der Waals surface area (Å²) in [7, 11) is 3.39. The number of likely N-dealkylation sites (N-methyl/N-ethyl adjacent to an activating group) is 2. The molecule has 34 heteroatoms. The first-order valence-electron chi connectivity index (χ1n) is 43.8. The van der Waals surface area contributed by atoms with E-state index in [0.717, 1.165) is 110 Å². The number of nitroso groups, excluding NO2 is 1. The summed E-state index contributed by atoms with van der Waals surface area (Å²) in [4.78, 5) is 106. The minimum atomic E-state index is -0.994. The van der Waals surface area contributed by atoms with Crippen LogP contribution < -0.4 is 91.5 Å². The van der Waals surface area contributed by atoms with E-state index in [2.05, 4.69) is 83.3 Å². The number of nitrogens with two attached hydrogens (primary N) is 1. The molecule has 7 aliphatic heterocycles. The Morgan fingerprint density at radius 3 is 1.41 bits per heavy atom. The number of aryl methyl sites for hydroxylation is 4. The van der Waals surface area contributed by atoms with Crippen molar-refractivity contribution >= 4 is 58.9 Å². The molecule has 1 saturated heterocycles. The zero-order chi connectivity index (χ0) is 93.3. The van der Waals surface area contributed by atoms with Gasteiger partial charge in [0.25, 0.3) is 11.8 Å². The average Bonchev–Trinajstić information content (AvgIpc) is 1.64. The number of anilines is 2. The van der Waals surface area contributed by atoms with Crippen LogP contribution in [-0.2, 0) is 59.6 Å². The van der Waals surface area contributed by atoms with Gasteiger partial charge in [-0.3, -0.25) is 33.2 Å². The summed E-state index contributed by atoms with van der Waals surface area (Å²) in [6.45, 7) is 8.13. The Morgan fingerprint density at radius 2 is 0.955 bits per heavy atom. The molecule has 0 radical (unpaired) electrons. The second-order valence-corrected chi connectivity index (χ2v) is 32.1. The van der Waals surface area contributed by atoms with Crippen molar-refractivity contribution in [3.05, 3.63) is 327 Å². The van der Waals surface area contributed by atoms with E-state index in [4.69, 9.17) is 35.3 Å². The van der Waals surface area contributed by atoms with Crippen molar-refractivity contribution in [1.82, 2.24) is 44.9 Å². The number of aromatic carboxylic acids is 1. The molecule has 0 unspecified atom stereocenters. The number of rotatable bonds is 15. The smallest absolute Gasteiger partial charge is 0.870 e. The van der Waals surface area contributed by atoms with Crippen molar-refractivity contribution in [1.29, 1.82) is 0 Å². The van der Waals surface area contributed by atoms with Gasteiger partial charge in [0.15, 0.2) is 29.9 Å². The molecule has 1 aliphatic carbocycles. The molecule has 20 rings (SSSR count). The number of esters is 2. The number of fused-ring (bicyclic) bond motifs is 6. The maximum atomic E-state index is 12.9. The van der Waals surface area contributed by atoms with Gasteiger partial charge in [0, 0.05) is 93.4 Å². The molecular formula is C100H105KN14O19. The Labute approximate surface area is 816 Å². The van der Waals surface area contributed by atoms with Gasteiger partial charge >= 0.3 is 81.2 Å². The standard InChI is InChI=1S/C23H22N4O3.C15H16N2O2.C13H12N2O2.C12H14O2.C11H12N2O3.C11H10N2O2.C10H12N2O2.C5H6O2.K.H2O/c1-26-19-9-5-6-10-21(19)30-14-18(23(26)29)24-22(28)17-13-20-16(11-12-27(20)25-17)15-7-3-2-4-8-15;1-2-19-15(18)13-10-14-12(8-9-17(14)16-13)11-6-4-3-5-7-11;16-13(17)11-8-12-10(6-7-15(12)14-11)9-4-2-1-3-5-9;13-12(14)11-8-4-7-10(11)9-5-2-1-3-6-9;14-11(15)10-9(6-7-13(10)12-16)8-4-2-1-3-5-8;14-11-10-9(6-7-13(10)12-15-11)8-4-2-1-3-5-8;1-12-8-4-2-3-5-9(8)14-6-7(11)10(12)13;1-3-5(6)7-4-2;;/h2-10,13,16,18H,11-12,14H2,1H3,(H,24,28);3-7,10,12H,2,8-9H2,1H3;1-5,8,10H,6-7H2,(H,16,17);1-3,5-6,10-11H,4,7-8H2,(H,13,14);1-5,9-10H,6-7H2,(H,14,15);1-5,9H,6-7H2;2-5,7H,6,11H2,1H3;1H,4H2,2H3;;1H2/q;;;;;;;;+1;/p-1/t16-,18+;12-;10-;10-,11+;9-,10+;9-;7-;;;/m1111110.../s1. The van der Waals surface area contributed by atoms with E-state index in [1.807, 2.05) is 216 Å². The second-order valence-electron chi connectivity index (χ2n) is 32.1. The largest absolute Gasteiger partial charge is 1.00 e. The number of aromatic nitrogens is 8. The van der Waals surface area contributed by atoms with E-state index < -0.39 is 42.0 Å². The normalized spacial score (nSPS) is 19.6. The van der Waals surface area contributed by atoms with Gasteiger partial charge in [0.2, 0.25) is 11.6 Å². The van der Waals surface area contributed by atoms with Crippen molar-refractivity contribution in [3.63, 3.8) is 0 Å². The number of carbonyl (C=O) groups excluding carboxylic acids is 5. The minimum absolute atomic E-state index is 0. The van der Waals surface area contributed by atoms with Crippen molar-refractivity contribution in [2.75, 3.05) is 56.9 Å². The number of carboxylic acids is 3. The topological polar surface area (TPSA) is 448 Å². The number of ether oxygens (including phenoxy) is 4. The van der Waals surface area contributed by atoms with Crippen molar-refractivity contribution in [2.24, 2.45) is 16.9 Å². The maximum absolute atomic E-state index is 12.9. The summed E-state index contributed by atoms with van der Waals surface area (Å²) in [6.07, 6.45) is 12.1. The molecular weight excluding hydrogens is 1740 g/mol. The first-order valence-corrected chi connectivity index (χ1v) is 43.8. The van der Waals surface area contributed by atoms with E-state index in [-0.39, 0.29) is 141 Å². The van der Waals surface area contributed by atoms with Gasteiger partial charge in [-0.1, -0.05) is 217 Å². The van der Waals surface area contributed by atoms with Gasteiger partial charge in [-0.2, -0.15) is 15.3 Å². The third kappa shape index (κ3) is 24.7.